The van der Waals surface area contributed by atoms with Crippen molar-refractivity contribution in [2.45, 2.75) is 0 Å². The van der Waals surface area contributed by atoms with E-state index in [1.54, 1.807) is 24.3 Å². The van der Waals surface area contributed by atoms with Crippen LogP contribution in [0.25, 0.3) is 11.3 Å². The number of rotatable bonds is 7. The Bertz CT molecular complexity index is 1150. The molecule has 0 radical (unpaired) electrons. The fourth-order valence-electron chi connectivity index (χ4n) is 2.68. The Balaban J connectivity index is 1.68. The summed E-state index contributed by atoms with van der Waals surface area (Å²) < 4.78 is 15.0. The molecule has 8 nitrogen and oxygen atoms in total. The minimum atomic E-state index is -0.828. The summed E-state index contributed by atoms with van der Waals surface area (Å²) in [5.74, 6) is -1.60. The van der Waals surface area contributed by atoms with Crippen LogP contribution >= 0.6 is 11.6 Å². The highest BCUT2D eigenvalue weighted by Gasteiger charge is 2.18. The van der Waals surface area contributed by atoms with Crippen LogP contribution in [0.2, 0.25) is 5.02 Å². The summed E-state index contributed by atoms with van der Waals surface area (Å²) >= 11 is 6.09. The molecule has 9 heteroatoms. The Morgan fingerprint density at radius 1 is 1.03 bits per heavy atom. The van der Waals surface area contributed by atoms with E-state index in [9.17, 15) is 19.2 Å². The number of furan rings is 1. The van der Waals surface area contributed by atoms with Gasteiger partial charge in [0, 0.05) is 5.56 Å². The lowest BCUT2D eigenvalue weighted by Crippen LogP contribution is -2.22. The van der Waals surface area contributed by atoms with Gasteiger partial charge in [0.2, 0.25) is 0 Å². The number of carbonyl (C=O) groups excluding carboxylic acids is 4. The van der Waals surface area contributed by atoms with Crippen molar-refractivity contribution in [2.75, 3.05) is 19.0 Å². The maximum Gasteiger partial charge on any atom is 0.340 e. The summed E-state index contributed by atoms with van der Waals surface area (Å²) in [6.45, 7) is -0.606. The van der Waals surface area contributed by atoms with E-state index in [0.29, 0.717) is 17.6 Å². The number of aldehydes is 1. The second-order valence-electron chi connectivity index (χ2n) is 6.18. The molecular formula is C22H16ClNO7. The molecule has 0 saturated heterocycles. The zero-order valence-electron chi connectivity index (χ0n) is 16.2. The topological polar surface area (TPSA) is 112 Å². The van der Waals surface area contributed by atoms with Crippen molar-refractivity contribution < 1.29 is 33.1 Å². The largest absolute Gasteiger partial charge is 0.465 e. The number of anilines is 1. The molecule has 158 valence electrons. The summed E-state index contributed by atoms with van der Waals surface area (Å²) in [6, 6.07) is 13.8. The number of amides is 1. The van der Waals surface area contributed by atoms with Crippen LogP contribution in [0.1, 0.15) is 31.3 Å². The lowest BCUT2D eigenvalue weighted by atomic mass is 10.1. The number of halogens is 1. The first-order chi connectivity index (χ1) is 14.9. The van der Waals surface area contributed by atoms with Gasteiger partial charge >= 0.3 is 11.9 Å². The fraction of sp³-hybridized carbons (Fsp3) is 0.0909. The number of hydrogen-bond acceptors (Lipinski definition) is 7. The van der Waals surface area contributed by atoms with E-state index in [2.05, 4.69) is 10.1 Å². The first kappa shape index (κ1) is 21.8. The molecule has 0 spiro atoms. The van der Waals surface area contributed by atoms with Gasteiger partial charge in [-0.25, -0.2) is 9.59 Å². The Labute approximate surface area is 181 Å². The van der Waals surface area contributed by atoms with Gasteiger partial charge in [-0.15, -0.1) is 0 Å². The van der Waals surface area contributed by atoms with Gasteiger partial charge in [0.15, 0.2) is 18.7 Å². The van der Waals surface area contributed by atoms with Crippen molar-refractivity contribution in [1.82, 2.24) is 0 Å². The lowest BCUT2D eigenvalue weighted by Gasteiger charge is -2.10. The molecule has 1 amide bonds. The number of carbonyl (C=O) groups is 4. The molecule has 0 unspecified atom stereocenters. The second kappa shape index (κ2) is 9.73. The van der Waals surface area contributed by atoms with Gasteiger partial charge in [-0.2, -0.15) is 0 Å². The molecule has 2 aromatic carbocycles. The molecule has 1 N–H and O–H groups in total. The van der Waals surface area contributed by atoms with Gasteiger partial charge in [0.1, 0.15) is 5.76 Å². The summed E-state index contributed by atoms with van der Waals surface area (Å²) in [5.41, 5.74) is 0.902. The van der Waals surface area contributed by atoms with E-state index in [1.807, 2.05) is 0 Å². The van der Waals surface area contributed by atoms with E-state index in [1.165, 1.54) is 37.4 Å². The first-order valence-corrected chi connectivity index (χ1v) is 9.30. The summed E-state index contributed by atoms with van der Waals surface area (Å²) in [4.78, 5) is 47.2. The van der Waals surface area contributed by atoms with Crippen LogP contribution < -0.4 is 5.32 Å². The number of methoxy groups -OCH3 is 1. The van der Waals surface area contributed by atoms with E-state index in [4.69, 9.17) is 20.8 Å². The molecule has 31 heavy (non-hydrogen) atoms. The van der Waals surface area contributed by atoms with Gasteiger partial charge in [-0.1, -0.05) is 23.7 Å². The summed E-state index contributed by atoms with van der Waals surface area (Å²) in [5, 5.41) is 2.61. The van der Waals surface area contributed by atoms with Crippen LogP contribution in [0.4, 0.5) is 5.69 Å². The zero-order chi connectivity index (χ0) is 22.4. The first-order valence-electron chi connectivity index (χ1n) is 8.92. The van der Waals surface area contributed by atoms with E-state index in [0.717, 1.165) is 0 Å². The Morgan fingerprint density at radius 3 is 2.52 bits per heavy atom. The average molecular weight is 442 g/mol. The van der Waals surface area contributed by atoms with Crippen molar-refractivity contribution >= 4 is 41.4 Å². The van der Waals surface area contributed by atoms with E-state index >= 15 is 0 Å². The third-order valence-electron chi connectivity index (χ3n) is 4.15. The highest BCUT2D eigenvalue weighted by atomic mass is 35.5. The maximum atomic E-state index is 12.4. The maximum absolute atomic E-state index is 12.4. The quantitative estimate of drug-likeness (QED) is 0.435. The standard InChI is InChI=1S/C22H16ClNO7/c1-29-21(27)15-4-2-3-5-18(15)24-20(26)12-30-22(28)16-10-13(6-8-17(16)23)19-9-7-14(11-25)31-19/h2-11H,12H2,1H3,(H,24,26). The van der Waals surface area contributed by atoms with Crippen molar-refractivity contribution in [2.24, 2.45) is 0 Å². The van der Waals surface area contributed by atoms with Gasteiger partial charge in [0.05, 0.1) is 28.9 Å². The molecule has 0 fully saturated rings. The van der Waals surface area contributed by atoms with Crippen molar-refractivity contribution in [3.8, 4) is 11.3 Å². The molecule has 1 aromatic heterocycles. The molecule has 0 bridgehead atoms. The van der Waals surface area contributed by atoms with Crippen LogP contribution in [-0.4, -0.2) is 37.8 Å². The fourth-order valence-corrected chi connectivity index (χ4v) is 2.88. The predicted molar refractivity (Wildman–Crippen MR) is 111 cm³/mol. The van der Waals surface area contributed by atoms with Gasteiger partial charge in [-0.05, 0) is 42.5 Å². The Morgan fingerprint density at radius 2 is 1.81 bits per heavy atom. The van der Waals surface area contributed by atoms with Gasteiger partial charge in [0.25, 0.3) is 5.91 Å². The number of para-hydroxylation sites is 1. The van der Waals surface area contributed by atoms with Gasteiger partial charge in [-0.3, -0.25) is 9.59 Å². The molecule has 3 aromatic rings. The average Bonchev–Trinajstić information content (AvgIpc) is 3.27. The number of ether oxygens (including phenoxy) is 2. The monoisotopic (exact) mass is 441 g/mol. The second-order valence-corrected chi connectivity index (χ2v) is 6.58. The van der Waals surface area contributed by atoms with Crippen molar-refractivity contribution in [3.63, 3.8) is 0 Å². The SMILES string of the molecule is COC(=O)c1ccccc1NC(=O)COC(=O)c1cc(-c2ccc(C=O)o2)ccc1Cl. The molecule has 0 aliphatic rings. The van der Waals surface area contributed by atoms with Crippen LogP contribution in [0.3, 0.4) is 0 Å². The molecule has 0 aliphatic carbocycles. The number of hydrogen-bond donors (Lipinski definition) is 1. The molecule has 0 saturated carbocycles. The van der Waals surface area contributed by atoms with E-state index in [-0.39, 0.29) is 27.6 Å². The van der Waals surface area contributed by atoms with Crippen LogP contribution in [0.15, 0.2) is 59.0 Å². The Hall–Kier alpha value is -3.91. The normalized spacial score (nSPS) is 10.3. The van der Waals surface area contributed by atoms with Crippen LogP contribution in [0.5, 0.6) is 0 Å². The zero-order valence-corrected chi connectivity index (χ0v) is 17.0. The number of benzene rings is 2. The Kier molecular flexibility index (Phi) is 6.84. The molecule has 0 aliphatic heterocycles. The van der Waals surface area contributed by atoms with Crippen LogP contribution in [-0.2, 0) is 14.3 Å². The lowest BCUT2D eigenvalue weighted by molar-refractivity contribution is -0.119. The smallest absolute Gasteiger partial charge is 0.340 e. The molecule has 3 rings (SSSR count). The highest BCUT2D eigenvalue weighted by Crippen LogP contribution is 2.27. The summed E-state index contributed by atoms with van der Waals surface area (Å²) in [6.07, 6.45) is 0.561. The number of nitrogens with one attached hydrogen (secondary N) is 1. The van der Waals surface area contributed by atoms with E-state index < -0.39 is 24.5 Å². The summed E-state index contributed by atoms with van der Waals surface area (Å²) in [7, 11) is 1.23. The minimum absolute atomic E-state index is 0.0194. The minimum Gasteiger partial charge on any atom is -0.465 e. The third kappa shape index (κ3) is 5.18. The third-order valence-corrected chi connectivity index (χ3v) is 4.48. The van der Waals surface area contributed by atoms with Crippen molar-refractivity contribution in [1.29, 1.82) is 0 Å². The molecule has 0 atom stereocenters. The predicted octanol–water partition coefficient (Wildman–Crippen LogP) is 3.99. The number of esters is 2. The highest BCUT2D eigenvalue weighted by molar-refractivity contribution is 6.33. The molecular weight excluding hydrogens is 426 g/mol. The van der Waals surface area contributed by atoms with Gasteiger partial charge < -0.3 is 19.2 Å². The van der Waals surface area contributed by atoms with Crippen molar-refractivity contribution in [3.05, 3.63) is 76.5 Å². The van der Waals surface area contributed by atoms with Crippen LogP contribution in [0, 0.1) is 0 Å². The molecule has 1 heterocycles.